The second-order valence-corrected chi connectivity index (χ2v) is 5.32. The normalized spacial score (nSPS) is 14.6. The van der Waals surface area contributed by atoms with Crippen LogP contribution in [0.4, 0.5) is 0 Å². The number of amides is 1. The molecule has 0 saturated heterocycles. The number of benzene rings is 1. The first-order chi connectivity index (χ1) is 8.52. The summed E-state index contributed by atoms with van der Waals surface area (Å²) < 4.78 is 0. The number of primary amides is 1. The average Bonchev–Trinajstić information content (AvgIpc) is 3.12. The lowest BCUT2D eigenvalue weighted by molar-refractivity contribution is -0.117. The average molecular weight is 242 g/mol. The molecule has 1 aliphatic carbocycles. The minimum Gasteiger partial charge on any atom is -0.369 e. The summed E-state index contributed by atoms with van der Waals surface area (Å²) in [4.78, 5) is 11.3. The third-order valence-electron chi connectivity index (χ3n) is 3.44. The molecule has 1 saturated carbocycles. The van der Waals surface area contributed by atoms with Gasteiger partial charge >= 0.3 is 0 Å². The molecule has 1 fully saturated rings. The van der Waals surface area contributed by atoms with Crippen LogP contribution in [0.5, 0.6) is 0 Å². The summed E-state index contributed by atoms with van der Waals surface area (Å²) in [6, 6.07) is 6.04. The van der Waals surface area contributed by atoms with E-state index in [9.17, 15) is 4.79 Å². The summed E-state index contributed by atoms with van der Waals surface area (Å²) >= 11 is 0. The fraction of sp³-hybridized carbons (Fsp3) is 0.467. The van der Waals surface area contributed by atoms with Crippen LogP contribution < -0.4 is 5.73 Å². The monoisotopic (exact) mass is 242 g/mol. The Labute approximate surface area is 108 Å². The summed E-state index contributed by atoms with van der Waals surface area (Å²) in [7, 11) is 0. The van der Waals surface area contributed by atoms with Crippen molar-refractivity contribution in [1.82, 2.24) is 0 Å². The Morgan fingerprint density at radius 2 is 2.17 bits per heavy atom. The number of hydrogen-bond donors (Lipinski definition) is 1. The number of carbonyl (C=O) groups excluding carboxylic acids is 1. The van der Waals surface area contributed by atoms with Crippen molar-refractivity contribution in [2.75, 3.05) is 0 Å². The molecule has 2 rings (SSSR count). The number of rotatable bonds is 4. The fourth-order valence-electron chi connectivity index (χ4n) is 2.43. The fourth-order valence-corrected chi connectivity index (χ4v) is 2.43. The van der Waals surface area contributed by atoms with Gasteiger partial charge in [-0.3, -0.25) is 4.79 Å². The minimum atomic E-state index is -0.302. The number of nitriles is 1. The van der Waals surface area contributed by atoms with E-state index in [0.29, 0.717) is 17.4 Å². The van der Waals surface area contributed by atoms with E-state index in [2.05, 4.69) is 19.9 Å². The van der Waals surface area contributed by atoms with E-state index >= 15 is 0 Å². The van der Waals surface area contributed by atoms with Crippen LogP contribution in [-0.4, -0.2) is 5.91 Å². The summed E-state index contributed by atoms with van der Waals surface area (Å²) in [6.07, 6.45) is 2.58. The molecular formula is C15H18N2O. The summed E-state index contributed by atoms with van der Waals surface area (Å²) in [5, 5.41) is 9.10. The highest BCUT2D eigenvalue weighted by molar-refractivity contribution is 5.78. The van der Waals surface area contributed by atoms with Gasteiger partial charge in [0.2, 0.25) is 5.91 Å². The Kier molecular flexibility index (Phi) is 3.38. The van der Waals surface area contributed by atoms with Gasteiger partial charge in [0.1, 0.15) is 0 Å². The lowest BCUT2D eigenvalue weighted by atomic mass is 9.87. The molecule has 0 aromatic heterocycles. The van der Waals surface area contributed by atoms with Crippen LogP contribution in [0, 0.1) is 11.3 Å². The van der Waals surface area contributed by atoms with Gasteiger partial charge < -0.3 is 5.73 Å². The molecule has 0 radical (unpaired) electrons. The Bertz CT molecular complexity index is 499. The van der Waals surface area contributed by atoms with Gasteiger partial charge in [-0.15, -0.1) is 0 Å². The second kappa shape index (κ2) is 4.81. The minimum absolute atomic E-state index is 0.283. The quantitative estimate of drug-likeness (QED) is 0.881. The van der Waals surface area contributed by atoms with Crippen LogP contribution in [0.2, 0.25) is 0 Å². The Hall–Kier alpha value is -1.82. The maximum Gasteiger partial charge on any atom is 0.221 e. The van der Waals surface area contributed by atoms with Crippen LogP contribution in [0.3, 0.4) is 0 Å². The van der Waals surface area contributed by atoms with Crippen molar-refractivity contribution < 1.29 is 4.79 Å². The molecule has 0 bridgehead atoms. The zero-order chi connectivity index (χ0) is 13.3. The first-order valence-corrected chi connectivity index (χ1v) is 6.38. The lowest BCUT2D eigenvalue weighted by Crippen LogP contribution is -2.17. The molecule has 1 aromatic carbocycles. The predicted octanol–water partition coefficient (Wildman–Crippen LogP) is 2.59. The third-order valence-corrected chi connectivity index (χ3v) is 3.44. The summed E-state index contributed by atoms with van der Waals surface area (Å²) in [6.45, 7) is 4.16. The van der Waals surface area contributed by atoms with Crippen molar-refractivity contribution in [3.8, 4) is 6.07 Å². The van der Waals surface area contributed by atoms with Gasteiger partial charge in [0, 0.05) is 0 Å². The molecule has 1 aromatic rings. The Morgan fingerprint density at radius 1 is 1.50 bits per heavy atom. The molecule has 0 aliphatic heterocycles. The van der Waals surface area contributed by atoms with Crippen molar-refractivity contribution in [3.63, 3.8) is 0 Å². The molecule has 0 atom stereocenters. The van der Waals surface area contributed by atoms with Crippen molar-refractivity contribution in [2.45, 2.75) is 44.9 Å². The Morgan fingerprint density at radius 3 is 2.61 bits per heavy atom. The molecule has 94 valence electrons. The van der Waals surface area contributed by atoms with E-state index in [1.54, 1.807) is 0 Å². The van der Waals surface area contributed by atoms with E-state index in [1.807, 2.05) is 12.1 Å². The molecule has 2 N–H and O–H groups in total. The van der Waals surface area contributed by atoms with Gasteiger partial charge in [-0.25, -0.2) is 0 Å². The predicted molar refractivity (Wildman–Crippen MR) is 70.1 cm³/mol. The summed E-state index contributed by atoms with van der Waals surface area (Å²) in [5.41, 5.74) is 9.35. The standard InChI is InChI=1S/C15H18N2O/c1-9(2)12-5-10(8-16)6-13(11-3-4-11)14(12)7-15(17)18/h5-6,9,11H,3-4,7H2,1-2H3,(H2,17,18). The smallest absolute Gasteiger partial charge is 0.221 e. The van der Waals surface area contributed by atoms with Gasteiger partial charge in [0.25, 0.3) is 0 Å². The van der Waals surface area contributed by atoms with Crippen molar-refractivity contribution in [2.24, 2.45) is 5.73 Å². The van der Waals surface area contributed by atoms with Crippen LogP contribution >= 0.6 is 0 Å². The molecule has 0 spiro atoms. The van der Waals surface area contributed by atoms with Crippen LogP contribution in [0.15, 0.2) is 12.1 Å². The molecule has 1 aliphatic rings. The van der Waals surface area contributed by atoms with Crippen molar-refractivity contribution in [1.29, 1.82) is 5.26 Å². The second-order valence-electron chi connectivity index (χ2n) is 5.32. The maximum atomic E-state index is 11.3. The number of nitrogens with two attached hydrogens (primary N) is 1. The topological polar surface area (TPSA) is 66.9 Å². The van der Waals surface area contributed by atoms with Gasteiger partial charge in [-0.2, -0.15) is 5.26 Å². The SMILES string of the molecule is CC(C)c1cc(C#N)cc(C2CC2)c1CC(N)=O. The molecular weight excluding hydrogens is 224 g/mol. The molecule has 0 unspecified atom stereocenters. The van der Waals surface area contributed by atoms with E-state index in [4.69, 9.17) is 11.0 Å². The van der Waals surface area contributed by atoms with E-state index in [-0.39, 0.29) is 12.3 Å². The van der Waals surface area contributed by atoms with Gasteiger partial charge in [-0.1, -0.05) is 13.8 Å². The highest BCUT2D eigenvalue weighted by Gasteiger charge is 2.28. The number of carbonyl (C=O) groups is 1. The van der Waals surface area contributed by atoms with Crippen molar-refractivity contribution >= 4 is 5.91 Å². The zero-order valence-electron chi connectivity index (χ0n) is 10.9. The van der Waals surface area contributed by atoms with Gasteiger partial charge in [0.15, 0.2) is 0 Å². The maximum absolute atomic E-state index is 11.3. The summed E-state index contributed by atoms with van der Waals surface area (Å²) in [5.74, 6) is 0.513. The Balaban J connectivity index is 2.57. The molecule has 1 amide bonds. The first kappa shape index (κ1) is 12.6. The van der Waals surface area contributed by atoms with E-state index in [1.165, 1.54) is 0 Å². The van der Waals surface area contributed by atoms with Crippen LogP contribution in [0.1, 0.15) is 60.8 Å². The zero-order valence-corrected chi connectivity index (χ0v) is 10.9. The van der Waals surface area contributed by atoms with Gasteiger partial charge in [-0.05, 0) is 53.5 Å². The first-order valence-electron chi connectivity index (χ1n) is 6.38. The van der Waals surface area contributed by atoms with E-state index in [0.717, 1.165) is 29.5 Å². The van der Waals surface area contributed by atoms with E-state index < -0.39 is 0 Å². The van der Waals surface area contributed by atoms with Crippen molar-refractivity contribution in [3.05, 3.63) is 34.4 Å². The third kappa shape index (κ3) is 2.53. The highest BCUT2D eigenvalue weighted by Crippen LogP contribution is 2.43. The van der Waals surface area contributed by atoms with Crippen LogP contribution in [-0.2, 0) is 11.2 Å². The largest absolute Gasteiger partial charge is 0.369 e. The van der Waals surface area contributed by atoms with Crippen LogP contribution in [0.25, 0.3) is 0 Å². The van der Waals surface area contributed by atoms with Gasteiger partial charge in [0.05, 0.1) is 18.1 Å². The molecule has 0 heterocycles. The molecule has 3 nitrogen and oxygen atoms in total. The number of nitrogens with zero attached hydrogens (tertiary/aromatic N) is 1. The molecule has 18 heavy (non-hydrogen) atoms. The molecule has 3 heteroatoms. The highest BCUT2D eigenvalue weighted by atomic mass is 16.1. The lowest BCUT2D eigenvalue weighted by Gasteiger charge is -2.17. The number of hydrogen-bond acceptors (Lipinski definition) is 2.